The summed E-state index contributed by atoms with van der Waals surface area (Å²) in [6, 6.07) is 5.20. The smallest absolute Gasteiger partial charge is 0.208 e. The topological polar surface area (TPSA) is 78.8 Å². The molecule has 1 aromatic rings. The van der Waals surface area contributed by atoms with Crippen LogP contribution in [-0.2, 0) is 10.0 Å². The molecular weight excluding hydrogens is 266 g/mol. The lowest BCUT2D eigenvalue weighted by molar-refractivity contribution is 0.587. The zero-order valence-electron chi connectivity index (χ0n) is 11.4. The van der Waals surface area contributed by atoms with Gasteiger partial charge in [-0.1, -0.05) is 0 Å². The van der Waals surface area contributed by atoms with Crippen molar-refractivity contribution in [3.63, 3.8) is 0 Å². The largest absolute Gasteiger partial charge is 0.370 e. The van der Waals surface area contributed by atoms with E-state index in [-0.39, 0.29) is 0 Å². The molecule has 6 nitrogen and oxygen atoms in total. The van der Waals surface area contributed by atoms with E-state index in [0.717, 1.165) is 24.1 Å². The summed E-state index contributed by atoms with van der Waals surface area (Å²) in [4.78, 5) is 12.5. The Hall–Kier alpha value is -1.47. The van der Waals surface area contributed by atoms with Crippen LogP contribution in [0.4, 0.5) is 11.4 Å². The van der Waals surface area contributed by atoms with Gasteiger partial charge in [-0.2, -0.15) is 0 Å². The maximum absolute atomic E-state index is 11.0. The van der Waals surface area contributed by atoms with Crippen molar-refractivity contribution in [3.8, 4) is 0 Å². The Morgan fingerprint density at radius 3 is 2.53 bits per heavy atom. The molecule has 1 aromatic carbocycles. The number of aryl methyl sites for hydroxylation is 1. The molecule has 0 aliphatic carbocycles. The van der Waals surface area contributed by atoms with E-state index in [4.69, 9.17) is 0 Å². The van der Waals surface area contributed by atoms with Crippen LogP contribution in [-0.4, -0.2) is 34.3 Å². The molecule has 0 amide bonds. The number of anilines is 1. The third-order valence-electron chi connectivity index (χ3n) is 2.75. The van der Waals surface area contributed by atoms with Gasteiger partial charge in [-0.3, -0.25) is 0 Å². The molecule has 7 heteroatoms. The van der Waals surface area contributed by atoms with Crippen molar-refractivity contribution < 1.29 is 8.42 Å². The number of benzene rings is 1. The van der Waals surface area contributed by atoms with E-state index in [2.05, 4.69) is 9.90 Å². The average Bonchev–Trinajstić information content (AvgIpc) is 2.34. The molecule has 0 saturated heterocycles. The minimum atomic E-state index is -3.16. The van der Waals surface area contributed by atoms with Crippen LogP contribution in [0.2, 0.25) is 0 Å². The first-order chi connectivity index (χ1) is 8.87. The zero-order valence-corrected chi connectivity index (χ0v) is 12.2. The summed E-state index contributed by atoms with van der Waals surface area (Å²) in [5.74, 6) is 0. The summed E-state index contributed by atoms with van der Waals surface area (Å²) in [7, 11) is -3.16. The summed E-state index contributed by atoms with van der Waals surface area (Å²) in [6.07, 6.45) is 1.14. The van der Waals surface area contributed by atoms with Crippen LogP contribution >= 0.6 is 0 Å². The van der Waals surface area contributed by atoms with E-state index in [1.165, 1.54) is 0 Å². The number of rotatable bonds is 7. The van der Waals surface area contributed by atoms with E-state index in [1.54, 1.807) is 12.1 Å². The monoisotopic (exact) mass is 285 g/mol. The average molecular weight is 285 g/mol. The van der Waals surface area contributed by atoms with Gasteiger partial charge in [0.2, 0.25) is 10.0 Å². The normalized spacial score (nSPS) is 11.3. The highest BCUT2D eigenvalue weighted by Crippen LogP contribution is 2.24. The molecular formula is C12H19N3O3S. The Balaban J connectivity index is 2.77. The predicted octanol–water partition coefficient (Wildman–Crippen LogP) is 1.77. The van der Waals surface area contributed by atoms with Crippen LogP contribution < -0.4 is 9.62 Å². The van der Waals surface area contributed by atoms with Crippen molar-refractivity contribution in [3.05, 3.63) is 28.7 Å². The van der Waals surface area contributed by atoms with Gasteiger partial charge in [-0.25, -0.2) is 13.1 Å². The first kappa shape index (κ1) is 15.6. The van der Waals surface area contributed by atoms with E-state index < -0.39 is 10.0 Å². The molecule has 0 fully saturated rings. The number of nitrogens with zero attached hydrogens (tertiary/aromatic N) is 2. The van der Waals surface area contributed by atoms with Crippen molar-refractivity contribution >= 4 is 21.4 Å². The van der Waals surface area contributed by atoms with Crippen molar-refractivity contribution in [2.75, 3.05) is 30.8 Å². The van der Waals surface area contributed by atoms with Crippen molar-refractivity contribution in [1.29, 1.82) is 0 Å². The zero-order chi connectivity index (χ0) is 14.5. The molecule has 1 N–H and O–H groups in total. The number of likely N-dealkylation sites (N-methyl/N-ethyl adjacent to an activating group) is 1. The summed E-state index contributed by atoms with van der Waals surface area (Å²) in [5.41, 5.74) is 2.31. The second-order valence-corrected chi connectivity index (χ2v) is 6.14. The Kier molecular flexibility index (Phi) is 5.44. The molecule has 19 heavy (non-hydrogen) atoms. The fourth-order valence-corrected chi connectivity index (χ4v) is 2.33. The molecule has 0 radical (unpaired) electrons. The summed E-state index contributed by atoms with van der Waals surface area (Å²) < 4.78 is 24.5. The number of nitroso groups, excluding NO2 is 1. The van der Waals surface area contributed by atoms with E-state index in [1.807, 2.05) is 24.8 Å². The van der Waals surface area contributed by atoms with Gasteiger partial charge in [0.25, 0.3) is 0 Å². The van der Waals surface area contributed by atoms with Crippen LogP contribution in [0.15, 0.2) is 23.4 Å². The SMILES string of the molecule is CCN(CCNS(C)(=O)=O)c1ccc(N=O)cc1C. The molecule has 0 spiro atoms. The van der Waals surface area contributed by atoms with Gasteiger partial charge < -0.3 is 4.90 Å². The van der Waals surface area contributed by atoms with Gasteiger partial charge in [0, 0.05) is 25.3 Å². The molecule has 0 aliphatic rings. The van der Waals surface area contributed by atoms with Crippen molar-refractivity contribution in [2.45, 2.75) is 13.8 Å². The highest BCUT2D eigenvalue weighted by molar-refractivity contribution is 7.88. The molecule has 1 rings (SSSR count). The van der Waals surface area contributed by atoms with Gasteiger partial charge in [-0.05, 0) is 42.8 Å². The molecule has 106 valence electrons. The van der Waals surface area contributed by atoms with Gasteiger partial charge >= 0.3 is 0 Å². The molecule has 0 heterocycles. The summed E-state index contributed by atoms with van der Waals surface area (Å²) in [6.45, 7) is 5.56. The van der Waals surface area contributed by atoms with Crippen LogP contribution in [0.3, 0.4) is 0 Å². The number of hydrogen-bond acceptors (Lipinski definition) is 5. The minimum absolute atomic E-state index is 0.347. The second-order valence-electron chi connectivity index (χ2n) is 4.31. The van der Waals surface area contributed by atoms with E-state index >= 15 is 0 Å². The molecule has 0 atom stereocenters. The van der Waals surface area contributed by atoms with Crippen LogP contribution in [0, 0.1) is 11.8 Å². The molecule has 0 unspecified atom stereocenters. The fraction of sp³-hybridized carbons (Fsp3) is 0.500. The Morgan fingerprint density at radius 1 is 1.37 bits per heavy atom. The van der Waals surface area contributed by atoms with Gasteiger partial charge in [-0.15, -0.1) is 4.91 Å². The van der Waals surface area contributed by atoms with E-state index in [0.29, 0.717) is 18.8 Å². The van der Waals surface area contributed by atoms with E-state index in [9.17, 15) is 13.3 Å². The first-order valence-corrected chi connectivity index (χ1v) is 7.90. The van der Waals surface area contributed by atoms with Crippen molar-refractivity contribution in [2.24, 2.45) is 5.18 Å². The van der Waals surface area contributed by atoms with Gasteiger partial charge in [0.05, 0.1) is 6.26 Å². The first-order valence-electron chi connectivity index (χ1n) is 6.01. The maximum atomic E-state index is 11.0. The third kappa shape index (κ3) is 4.96. The predicted molar refractivity (Wildman–Crippen MR) is 77.4 cm³/mol. The lowest BCUT2D eigenvalue weighted by Crippen LogP contribution is -2.34. The maximum Gasteiger partial charge on any atom is 0.208 e. The third-order valence-corrected chi connectivity index (χ3v) is 3.48. The minimum Gasteiger partial charge on any atom is -0.370 e. The fourth-order valence-electron chi connectivity index (χ4n) is 1.87. The molecule has 0 bridgehead atoms. The number of sulfonamides is 1. The highest BCUT2D eigenvalue weighted by atomic mass is 32.2. The Labute approximate surface area is 113 Å². The van der Waals surface area contributed by atoms with Crippen LogP contribution in [0.1, 0.15) is 12.5 Å². The Bertz CT molecular complexity index is 543. The molecule has 0 aliphatic heterocycles. The standard InChI is InChI=1S/C12H19N3O3S/c1-4-15(8-7-13-19(3,17)18)12-6-5-11(14-16)9-10(12)2/h5-6,9,13H,4,7-8H2,1-3H3. The lowest BCUT2D eigenvalue weighted by atomic mass is 10.1. The summed E-state index contributed by atoms with van der Waals surface area (Å²) >= 11 is 0. The van der Waals surface area contributed by atoms with Gasteiger partial charge in [0.15, 0.2) is 0 Å². The molecule has 0 saturated carbocycles. The van der Waals surface area contributed by atoms with Crippen LogP contribution in [0.5, 0.6) is 0 Å². The van der Waals surface area contributed by atoms with Crippen LogP contribution in [0.25, 0.3) is 0 Å². The summed E-state index contributed by atoms with van der Waals surface area (Å²) in [5, 5.41) is 2.89. The number of hydrogen-bond donors (Lipinski definition) is 1. The highest BCUT2D eigenvalue weighted by Gasteiger charge is 2.09. The van der Waals surface area contributed by atoms with Crippen molar-refractivity contribution in [1.82, 2.24) is 4.72 Å². The van der Waals surface area contributed by atoms with Gasteiger partial charge in [0.1, 0.15) is 5.69 Å². The quantitative estimate of drug-likeness (QED) is 0.774. The lowest BCUT2D eigenvalue weighted by Gasteiger charge is -2.25. The second kappa shape index (κ2) is 6.63. The number of nitrogens with one attached hydrogen (secondary N) is 1. The molecule has 0 aromatic heterocycles. The Morgan fingerprint density at radius 2 is 2.05 bits per heavy atom.